The van der Waals surface area contributed by atoms with E-state index in [4.69, 9.17) is 5.41 Å². The second-order valence-corrected chi connectivity index (χ2v) is 6.41. The van der Waals surface area contributed by atoms with Crippen molar-refractivity contribution in [1.82, 2.24) is 10.3 Å². The first kappa shape index (κ1) is 20.4. The zero-order valence-corrected chi connectivity index (χ0v) is 16.1. The monoisotopic (exact) mass is 367 g/mol. The summed E-state index contributed by atoms with van der Waals surface area (Å²) in [6, 6.07) is 12.0. The van der Waals surface area contributed by atoms with Crippen LogP contribution >= 0.6 is 0 Å². The van der Waals surface area contributed by atoms with Gasteiger partial charge in [-0.15, -0.1) is 0 Å². The Morgan fingerprint density at radius 3 is 2.52 bits per heavy atom. The number of aryl methyl sites for hydroxylation is 1. The van der Waals surface area contributed by atoms with Crippen LogP contribution in [0.15, 0.2) is 36.4 Å². The van der Waals surface area contributed by atoms with Crippen molar-refractivity contribution in [3.05, 3.63) is 53.2 Å². The number of benzene rings is 1. The molecule has 1 heterocycles. The van der Waals surface area contributed by atoms with E-state index >= 15 is 0 Å². The topological polar surface area (TPSA) is 89.9 Å². The Hall–Kier alpha value is -2.89. The van der Waals surface area contributed by atoms with Crippen molar-refractivity contribution in [3.8, 4) is 0 Å². The maximum atomic E-state index is 10.9. The highest BCUT2D eigenvalue weighted by atomic mass is 16.1. The first-order valence-electron chi connectivity index (χ1n) is 9.38. The van der Waals surface area contributed by atoms with Gasteiger partial charge in [0.05, 0.1) is 17.4 Å². The number of rotatable bonds is 12. The van der Waals surface area contributed by atoms with Gasteiger partial charge in [0, 0.05) is 25.9 Å². The Morgan fingerprint density at radius 1 is 1.11 bits per heavy atom. The molecule has 1 atom stereocenters. The number of amides is 1. The fourth-order valence-corrected chi connectivity index (χ4v) is 3.26. The average Bonchev–Trinajstić information content (AvgIpc) is 2.72. The summed E-state index contributed by atoms with van der Waals surface area (Å²) in [7, 11) is 3.70. The average molecular weight is 367 g/mol. The molecule has 0 spiro atoms. The number of hydrogen-bond donors (Lipinski definition) is 4. The largest absolute Gasteiger partial charge is 0.386 e. The first-order valence-corrected chi connectivity index (χ1v) is 9.38. The van der Waals surface area contributed by atoms with Crippen LogP contribution in [0.3, 0.4) is 0 Å². The summed E-state index contributed by atoms with van der Waals surface area (Å²) in [6.45, 7) is 0. The molecule has 0 aliphatic rings. The van der Waals surface area contributed by atoms with E-state index in [0.29, 0.717) is 0 Å². The van der Waals surface area contributed by atoms with Crippen LogP contribution in [0.25, 0.3) is 0 Å². The molecule has 1 aromatic carbocycles. The molecule has 1 aromatic heterocycles. The SMILES string of the molecule is CNc1cc(C=N)c(NC)c(CCCCCC(NC=O)c2ccccc2)n1. The van der Waals surface area contributed by atoms with Gasteiger partial charge in [0.1, 0.15) is 5.82 Å². The molecule has 2 aromatic rings. The number of anilines is 2. The molecule has 1 amide bonds. The highest BCUT2D eigenvalue weighted by Crippen LogP contribution is 2.24. The number of carbonyl (C=O) groups is 1. The molecule has 0 bridgehead atoms. The molecule has 2 rings (SSSR count). The zero-order valence-electron chi connectivity index (χ0n) is 16.1. The normalized spacial score (nSPS) is 11.5. The summed E-state index contributed by atoms with van der Waals surface area (Å²) >= 11 is 0. The van der Waals surface area contributed by atoms with E-state index in [0.717, 1.165) is 66.8 Å². The van der Waals surface area contributed by atoms with Gasteiger partial charge >= 0.3 is 0 Å². The molecule has 0 saturated carbocycles. The van der Waals surface area contributed by atoms with Crippen LogP contribution in [-0.4, -0.2) is 31.7 Å². The van der Waals surface area contributed by atoms with E-state index in [1.165, 1.54) is 6.21 Å². The van der Waals surface area contributed by atoms with Crippen LogP contribution in [0, 0.1) is 5.41 Å². The summed E-state index contributed by atoms with van der Waals surface area (Å²) < 4.78 is 0. The number of pyridine rings is 1. The highest BCUT2D eigenvalue weighted by molar-refractivity contribution is 5.87. The molecule has 27 heavy (non-hydrogen) atoms. The van der Waals surface area contributed by atoms with Gasteiger partial charge in [-0.25, -0.2) is 4.98 Å². The second-order valence-electron chi connectivity index (χ2n) is 6.41. The summed E-state index contributed by atoms with van der Waals surface area (Å²) in [5.41, 5.74) is 3.88. The lowest BCUT2D eigenvalue weighted by atomic mass is 9.99. The molecular formula is C21H29N5O. The standard InChI is InChI=1S/C21H29N5O/c1-23-20-13-17(14-22)21(24-2)19(26-20)12-8-4-7-11-18(25-15-27)16-9-5-3-6-10-16/h3,5-6,9-10,13-15,18,22,24H,4,7-8,11-12H2,1-2H3,(H,23,26)(H,25,27). The molecule has 6 heteroatoms. The Morgan fingerprint density at radius 2 is 1.89 bits per heavy atom. The highest BCUT2D eigenvalue weighted by Gasteiger charge is 2.11. The number of unbranched alkanes of at least 4 members (excludes halogenated alkanes) is 2. The van der Waals surface area contributed by atoms with E-state index in [-0.39, 0.29) is 6.04 Å². The Balaban J connectivity index is 1.90. The minimum Gasteiger partial charge on any atom is -0.386 e. The minimum absolute atomic E-state index is 0.0619. The van der Waals surface area contributed by atoms with Gasteiger partial charge in [-0.2, -0.15) is 0 Å². The maximum Gasteiger partial charge on any atom is 0.207 e. The lowest BCUT2D eigenvalue weighted by Crippen LogP contribution is -2.19. The van der Waals surface area contributed by atoms with Crippen LogP contribution in [0.1, 0.15) is 48.5 Å². The summed E-state index contributed by atoms with van der Waals surface area (Å²) in [4.78, 5) is 15.5. The van der Waals surface area contributed by atoms with E-state index in [9.17, 15) is 4.79 Å². The van der Waals surface area contributed by atoms with Gasteiger partial charge < -0.3 is 21.4 Å². The Labute approximate surface area is 161 Å². The van der Waals surface area contributed by atoms with Gasteiger partial charge in [0.25, 0.3) is 0 Å². The van der Waals surface area contributed by atoms with Crippen molar-refractivity contribution in [2.45, 2.75) is 38.1 Å². The van der Waals surface area contributed by atoms with Crippen molar-refractivity contribution in [1.29, 1.82) is 5.41 Å². The van der Waals surface area contributed by atoms with Gasteiger partial charge in [-0.05, 0) is 30.9 Å². The molecule has 0 saturated heterocycles. The quantitative estimate of drug-likeness (QED) is 0.261. The van der Waals surface area contributed by atoms with Crippen molar-refractivity contribution >= 4 is 24.1 Å². The van der Waals surface area contributed by atoms with E-state index in [1.54, 1.807) is 0 Å². The van der Waals surface area contributed by atoms with Crippen molar-refractivity contribution < 1.29 is 4.79 Å². The molecule has 0 aliphatic carbocycles. The molecule has 0 aliphatic heterocycles. The van der Waals surface area contributed by atoms with Gasteiger partial charge in [0.2, 0.25) is 6.41 Å². The van der Waals surface area contributed by atoms with Crippen molar-refractivity contribution in [2.24, 2.45) is 0 Å². The Bertz CT molecular complexity index is 733. The summed E-state index contributed by atoms with van der Waals surface area (Å²) in [5, 5.41) is 16.8. The summed E-state index contributed by atoms with van der Waals surface area (Å²) in [5.74, 6) is 0.779. The molecule has 4 N–H and O–H groups in total. The first-order chi connectivity index (χ1) is 13.2. The fourth-order valence-electron chi connectivity index (χ4n) is 3.26. The van der Waals surface area contributed by atoms with Crippen LogP contribution in [0.4, 0.5) is 11.5 Å². The lowest BCUT2D eigenvalue weighted by molar-refractivity contribution is -0.110. The number of nitrogens with one attached hydrogen (secondary N) is 4. The summed E-state index contributed by atoms with van der Waals surface area (Å²) in [6.07, 6.45) is 6.99. The van der Waals surface area contributed by atoms with Crippen LogP contribution < -0.4 is 16.0 Å². The molecule has 144 valence electrons. The van der Waals surface area contributed by atoms with Gasteiger partial charge in [0.15, 0.2) is 0 Å². The van der Waals surface area contributed by atoms with Crippen LogP contribution in [0.5, 0.6) is 0 Å². The Kier molecular flexibility index (Phi) is 8.29. The molecule has 0 fully saturated rings. The zero-order chi connectivity index (χ0) is 19.5. The number of nitrogens with zero attached hydrogens (tertiary/aromatic N) is 1. The number of carbonyl (C=O) groups excluding carboxylic acids is 1. The fraction of sp³-hybridized carbons (Fsp3) is 0.381. The third-order valence-corrected chi connectivity index (χ3v) is 4.66. The predicted octanol–water partition coefficient (Wildman–Crippen LogP) is 3.75. The van der Waals surface area contributed by atoms with Gasteiger partial charge in [-0.1, -0.05) is 43.2 Å². The minimum atomic E-state index is 0.0619. The van der Waals surface area contributed by atoms with E-state index < -0.39 is 0 Å². The molecular weight excluding hydrogens is 338 g/mol. The second kappa shape index (κ2) is 11.0. The van der Waals surface area contributed by atoms with Crippen LogP contribution in [0.2, 0.25) is 0 Å². The smallest absolute Gasteiger partial charge is 0.207 e. The van der Waals surface area contributed by atoms with E-state index in [1.807, 2.05) is 50.5 Å². The lowest BCUT2D eigenvalue weighted by Gasteiger charge is -2.17. The van der Waals surface area contributed by atoms with Crippen LogP contribution in [-0.2, 0) is 11.2 Å². The third-order valence-electron chi connectivity index (χ3n) is 4.66. The number of aromatic nitrogens is 1. The molecule has 0 radical (unpaired) electrons. The van der Waals surface area contributed by atoms with E-state index in [2.05, 4.69) is 20.9 Å². The van der Waals surface area contributed by atoms with Crippen molar-refractivity contribution in [3.63, 3.8) is 0 Å². The number of hydrogen-bond acceptors (Lipinski definition) is 5. The predicted molar refractivity (Wildman–Crippen MR) is 112 cm³/mol. The van der Waals surface area contributed by atoms with Crippen molar-refractivity contribution in [2.75, 3.05) is 24.7 Å². The molecule has 6 nitrogen and oxygen atoms in total. The molecule has 1 unspecified atom stereocenters. The third kappa shape index (κ3) is 5.81. The maximum absolute atomic E-state index is 10.9. The van der Waals surface area contributed by atoms with Gasteiger partial charge in [-0.3, -0.25) is 4.79 Å².